The Morgan fingerprint density at radius 1 is 1.23 bits per heavy atom. The Morgan fingerprint density at radius 2 is 1.86 bits per heavy atom. The Bertz CT molecular complexity index is 457. The number of carbonyl (C=O) groups is 1. The summed E-state index contributed by atoms with van der Waals surface area (Å²) in [6.07, 6.45) is 0.579. The summed E-state index contributed by atoms with van der Waals surface area (Å²) in [5, 5.41) is 2.99. The lowest BCUT2D eigenvalue weighted by Crippen LogP contribution is -2.52. The summed E-state index contributed by atoms with van der Waals surface area (Å²) in [5.41, 5.74) is 7.09. The van der Waals surface area contributed by atoms with E-state index in [1.807, 2.05) is 30.3 Å². The lowest BCUT2D eigenvalue weighted by atomic mass is 10.1. The van der Waals surface area contributed by atoms with Gasteiger partial charge in [0, 0.05) is 38.8 Å². The number of benzene rings is 1. The minimum atomic E-state index is -0.484. The van der Waals surface area contributed by atoms with E-state index in [0.29, 0.717) is 19.0 Å². The molecule has 0 radical (unpaired) electrons. The van der Waals surface area contributed by atoms with E-state index in [4.69, 9.17) is 5.73 Å². The quantitative estimate of drug-likeness (QED) is 0.794. The third-order valence-electron chi connectivity index (χ3n) is 4.37. The van der Waals surface area contributed by atoms with Crippen molar-refractivity contribution in [2.75, 3.05) is 39.8 Å². The van der Waals surface area contributed by atoms with Crippen LogP contribution in [0.5, 0.6) is 0 Å². The minimum absolute atomic E-state index is 0.0650. The molecule has 0 aromatic heterocycles. The lowest BCUT2D eigenvalue weighted by molar-refractivity contribution is -0.122. The van der Waals surface area contributed by atoms with Crippen LogP contribution < -0.4 is 11.1 Å². The Kier molecular flexibility index (Phi) is 6.36. The zero-order chi connectivity index (χ0) is 15.9. The van der Waals surface area contributed by atoms with E-state index in [2.05, 4.69) is 29.1 Å². The summed E-state index contributed by atoms with van der Waals surface area (Å²) in [6, 6.07) is 9.76. The molecule has 1 heterocycles. The summed E-state index contributed by atoms with van der Waals surface area (Å²) in [7, 11) is 2.15. The van der Waals surface area contributed by atoms with Gasteiger partial charge >= 0.3 is 0 Å². The molecule has 22 heavy (non-hydrogen) atoms. The lowest BCUT2D eigenvalue weighted by Gasteiger charge is -2.36. The Balaban J connectivity index is 1.72. The first-order valence-electron chi connectivity index (χ1n) is 8.06. The number of nitrogens with one attached hydrogen (secondary N) is 1. The molecule has 1 aromatic carbocycles. The zero-order valence-corrected chi connectivity index (χ0v) is 13.7. The van der Waals surface area contributed by atoms with Crippen molar-refractivity contribution in [1.29, 1.82) is 0 Å². The molecule has 1 amide bonds. The summed E-state index contributed by atoms with van der Waals surface area (Å²) in [5.74, 6) is -0.0650. The van der Waals surface area contributed by atoms with Gasteiger partial charge in [-0.2, -0.15) is 0 Å². The molecule has 0 saturated carbocycles. The highest BCUT2D eigenvalue weighted by molar-refractivity contribution is 5.81. The standard InChI is InChI=1S/C17H28N4O/c1-14(21-10-8-20(2)9-11-21)13-19-17(22)16(18)12-15-6-4-3-5-7-15/h3-7,14,16H,8-13,18H2,1-2H3,(H,19,22). The van der Waals surface area contributed by atoms with Crippen LogP contribution in [0.1, 0.15) is 12.5 Å². The van der Waals surface area contributed by atoms with Gasteiger partial charge in [0.25, 0.3) is 0 Å². The SMILES string of the molecule is CC(CNC(=O)C(N)Cc1ccccc1)N1CCN(C)CC1. The van der Waals surface area contributed by atoms with Crippen LogP contribution in [0.15, 0.2) is 30.3 Å². The van der Waals surface area contributed by atoms with Gasteiger partial charge in [0.05, 0.1) is 6.04 Å². The van der Waals surface area contributed by atoms with Gasteiger partial charge in [0.15, 0.2) is 0 Å². The molecular formula is C17H28N4O. The average molecular weight is 304 g/mol. The Morgan fingerprint density at radius 3 is 2.50 bits per heavy atom. The molecule has 1 aromatic rings. The van der Waals surface area contributed by atoms with E-state index in [0.717, 1.165) is 31.7 Å². The fourth-order valence-corrected chi connectivity index (χ4v) is 2.73. The normalized spacial score (nSPS) is 19.6. The van der Waals surface area contributed by atoms with Gasteiger partial charge in [-0.25, -0.2) is 0 Å². The molecule has 0 aliphatic carbocycles. The topological polar surface area (TPSA) is 61.6 Å². The number of hydrogen-bond donors (Lipinski definition) is 2. The van der Waals surface area contributed by atoms with Crippen molar-refractivity contribution in [1.82, 2.24) is 15.1 Å². The number of amides is 1. The molecule has 5 nitrogen and oxygen atoms in total. The second-order valence-electron chi connectivity index (χ2n) is 6.23. The molecule has 5 heteroatoms. The van der Waals surface area contributed by atoms with Crippen molar-refractivity contribution in [3.8, 4) is 0 Å². The van der Waals surface area contributed by atoms with Gasteiger partial charge < -0.3 is 16.0 Å². The smallest absolute Gasteiger partial charge is 0.237 e. The summed E-state index contributed by atoms with van der Waals surface area (Å²) < 4.78 is 0. The summed E-state index contributed by atoms with van der Waals surface area (Å²) >= 11 is 0. The molecule has 2 atom stereocenters. The van der Waals surface area contributed by atoms with E-state index in [1.165, 1.54) is 0 Å². The van der Waals surface area contributed by atoms with Gasteiger partial charge in [-0.1, -0.05) is 30.3 Å². The number of piperazine rings is 1. The van der Waals surface area contributed by atoms with E-state index < -0.39 is 6.04 Å². The van der Waals surface area contributed by atoms with Gasteiger partial charge in [-0.05, 0) is 26.0 Å². The first-order chi connectivity index (χ1) is 10.6. The molecule has 0 spiro atoms. The summed E-state index contributed by atoms with van der Waals surface area (Å²) in [4.78, 5) is 16.9. The number of nitrogens with two attached hydrogens (primary N) is 1. The zero-order valence-electron chi connectivity index (χ0n) is 13.7. The van der Waals surface area contributed by atoms with Crippen LogP contribution in [0.2, 0.25) is 0 Å². The van der Waals surface area contributed by atoms with Gasteiger partial charge in [-0.15, -0.1) is 0 Å². The van der Waals surface area contributed by atoms with Crippen molar-refractivity contribution >= 4 is 5.91 Å². The van der Waals surface area contributed by atoms with Crippen LogP contribution in [0, 0.1) is 0 Å². The fourth-order valence-electron chi connectivity index (χ4n) is 2.73. The number of hydrogen-bond acceptors (Lipinski definition) is 4. The van der Waals surface area contributed by atoms with Gasteiger partial charge in [0.1, 0.15) is 0 Å². The Labute approximate surface area is 133 Å². The molecule has 3 N–H and O–H groups in total. The maximum Gasteiger partial charge on any atom is 0.237 e. The highest BCUT2D eigenvalue weighted by Gasteiger charge is 2.20. The molecule has 2 unspecified atom stereocenters. The van der Waals surface area contributed by atoms with Crippen LogP contribution in [0.25, 0.3) is 0 Å². The van der Waals surface area contributed by atoms with E-state index in [1.54, 1.807) is 0 Å². The van der Waals surface area contributed by atoms with E-state index in [-0.39, 0.29) is 5.91 Å². The molecule has 1 fully saturated rings. The van der Waals surface area contributed by atoms with Crippen molar-refractivity contribution in [2.45, 2.75) is 25.4 Å². The second-order valence-corrected chi connectivity index (χ2v) is 6.23. The third kappa shape index (κ3) is 5.09. The summed E-state index contributed by atoms with van der Waals surface area (Å²) in [6.45, 7) is 7.12. The first-order valence-corrected chi connectivity index (χ1v) is 8.06. The van der Waals surface area contributed by atoms with Crippen molar-refractivity contribution in [2.24, 2.45) is 5.73 Å². The Hall–Kier alpha value is -1.43. The second kappa shape index (κ2) is 8.27. The number of likely N-dealkylation sites (N-methyl/N-ethyl adjacent to an activating group) is 1. The number of carbonyl (C=O) groups excluding carboxylic acids is 1. The molecule has 1 aliphatic rings. The third-order valence-corrected chi connectivity index (χ3v) is 4.37. The molecule has 1 saturated heterocycles. The molecule has 1 aliphatic heterocycles. The van der Waals surface area contributed by atoms with Crippen molar-refractivity contribution < 1.29 is 4.79 Å². The minimum Gasteiger partial charge on any atom is -0.353 e. The molecule has 0 bridgehead atoms. The molecule has 2 rings (SSSR count). The fraction of sp³-hybridized carbons (Fsp3) is 0.588. The molecular weight excluding hydrogens is 276 g/mol. The highest BCUT2D eigenvalue weighted by Crippen LogP contribution is 2.05. The van der Waals surface area contributed by atoms with E-state index >= 15 is 0 Å². The first kappa shape index (κ1) is 16.9. The molecule has 122 valence electrons. The van der Waals surface area contributed by atoms with Crippen LogP contribution >= 0.6 is 0 Å². The van der Waals surface area contributed by atoms with Crippen LogP contribution in [0.4, 0.5) is 0 Å². The predicted molar refractivity (Wildman–Crippen MR) is 89.7 cm³/mol. The van der Waals surface area contributed by atoms with Gasteiger partial charge in [0.2, 0.25) is 5.91 Å². The maximum atomic E-state index is 12.1. The van der Waals surface area contributed by atoms with Crippen molar-refractivity contribution in [3.05, 3.63) is 35.9 Å². The van der Waals surface area contributed by atoms with Crippen molar-refractivity contribution in [3.63, 3.8) is 0 Å². The monoisotopic (exact) mass is 304 g/mol. The highest BCUT2D eigenvalue weighted by atomic mass is 16.2. The van der Waals surface area contributed by atoms with Crippen LogP contribution in [-0.2, 0) is 11.2 Å². The maximum absolute atomic E-state index is 12.1. The van der Waals surface area contributed by atoms with Gasteiger partial charge in [-0.3, -0.25) is 9.69 Å². The average Bonchev–Trinajstić information content (AvgIpc) is 2.53. The predicted octanol–water partition coefficient (Wildman–Crippen LogP) is 0.309. The van der Waals surface area contributed by atoms with E-state index in [9.17, 15) is 4.79 Å². The van der Waals surface area contributed by atoms with Crippen LogP contribution in [0.3, 0.4) is 0 Å². The van der Waals surface area contributed by atoms with Crippen LogP contribution in [-0.4, -0.2) is 67.6 Å². The largest absolute Gasteiger partial charge is 0.353 e. The number of nitrogens with zero attached hydrogens (tertiary/aromatic N) is 2. The number of rotatable bonds is 6.